The average Bonchev–Trinajstić information content (AvgIpc) is 2.42. The molecule has 0 aliphatic carbocycles. The third-order valence-electron chi connectivity index (χ3n) is 2.68. The fraction of sp³-hybridized carbons (Fsp3) is 0.615. The maximum Gasteiger partial charge on any atom is 0.0976 e. The Morgan fingerprint density at radius 1 is 1.39 bits per heavy atom. The van der Waals surface area contributed by atoms with Crippen LogP contribution in [-0.4, -0.2) is 45.0 Å². The van der Waals surface area contributed by atoms with Crippen molar-refractivity contribution in [3.05, 3.63) is 24.0 Å². The molecule has 102 valence electrons. The Hall–Kier alpha value is -1.17. The number of hydrogen-bond acceptors (Lipinski definition) is 5. The lowest BCUT2D eigenvalue weighted by Crippen LogP contribution is -2.27. The van der Waals surface area contributed by atoms with Gasteiger partial charge >= 0.3 is 0 Å². The first-order valence-electron chi connectivity index (χ1n) is 6.21. The third-order valence-corrected chi connectivity index (χ3v) is 2.68. The first kappa shape index (κ1) is 14.9. The second-order valence-electron chi connectivity index (χ2n) is 4.01. The summed E-state index contributed by atoms with van der Waals surface area (Å²) < 4.78 is 10.4. The van der Waals surface area contributed by atoms with Gasteiger partial charge in [-0.3, -0.25) is 4.98 Å². The molecule has 1 aromatic rings. The molecule has 0 aliphatic heterocycles. The van der Waals surface area contributed by atoms with Crippen molar-refractivity contribution in [3.8, 4) is 0 Å². The van der Waals surface area contributed by atoms with Crippen LogP contribution in [0.5, 0.6) is 0 Å². The van der Waals surface area contributed by atoms with Crippen LogP contribution in [-0.2, 0) is 16.0 Å². The molecular weight excluding hydrogens is 230 g/mol. The molecule has 0 bridgehead atoms. The molecule has 5 heteroatoms. The van der Waals surface area contributed by atoms with Gasteiger partial charge in [-0.15, -0.1) is 0 Å². The molecule has 1 aromatic heterocycles. The lowest BCUT2D eigenvalue weighted by atomic mass is 10.2. The van der Waals surface area contributed by atoms with Crippen molar-refractivity contribution >= 4 is 5.69 Å². The van der Waals surface area contributed by atoms with Crippen LogP contribution in [0, 0.1) is 0 Å². The van der Waals surface area contributed by atoms with Crippen molar-refractivity contribution in [2.45, 2.75) is 19.6 Å². The van der Waals surface area contributed by atoms with Gasteiger partial charge in [0.1, 0.15) is 0 Å². The summed E-state index contributed by atoms with van der Waals surface area (Å²) in [7, 11) is 3.36. The molecule has 1 unspecified atom stereocenters. The van der Waals surface area contributed by atoms with Gasteiger partial charge < -0.3 is 20.1 Å². The van der Waals surface area contributed by atoms with Gasteiger partial charge in [-0.1, -0.05) is 6.92 Å². The molecule has 0 aliphatic rings. The lowest BCUT2D eigenvalue weighted by Gasteiger charge is -2.17. The van der Waals surface area contributed by atoms with Crippen molar-refractivity contribution in [3.63, 3.8) is 0 Å². The Balaban J connectivity index is 2.54. The summed E-state index contributed by atoms with van der Waals surface area (Å²) in [6, 6.07) is 2.02. The molecule has 0 saturated carbocycles. The molecule has 2 N–H and O–H groups in total. The zero-order valence-corrected chi connectivity index (χ0v) is 11.4. The van der Waals surface area contributed by atoms with E-state index < -0.39 is 0 Å². The van der Waals surface area contributed by atoms with Crippen LogP contribution in [0.3, 0.4) is 0 Å². The Bertz CT molecular complexity index is 334. The van der Waals surface area contributed by atoms with Gasteiger partial charge in [0, 0.05) is 33.5 Å². The minimum absolute atomic E-state index is 0.0437. The predicted molar refractivity (Wildman–Crippen MR) is 72.8 cm³/mol. The topological polar surface area (TPSA) is 55.4 Å². The Kier molecular flexibility index (Phi) is 7.32. The first-order valence-corrected chi connectivity index (χ1v) is 6.21. The van der Waals surface area contributed by atoms with Crippen molar-refractivity contribution in [2.24, 2.45) is 0 Å². The van der Waals surface area contributed by atoms with E-state index >= 15 is 0 Å². The second kappa shape index (κ2) is 8.85. The van der Waals surface area contributed by atoms with Gasteiger partial charge in [0.05, 0.1) is 24.6 Å². The molecule has 0 aromatic carbocycles. The normalized spacial score (nSPS) is 12.4. The van der Waals surface area contributed by atoms with Crippen molar-refractivity contribution in [1.29, 1.82) is 0 Å². The highest BCUT2D eigenvalue weighted by Gasteiger charge is 2.08. The SMILES string of the molecule is CCNCc1ccncc1NCC(COC)OC. The maximum absolute atomic E-state index is 5.31. The summed E-state index contributed by atoms with van der Waals surface area (Å²) in [5, 5.41) is 6.66. The van der Waals surface area contributed by atoms with Crippen molar-refractivity contribution in [2.75, 3.05) is 39.2 Å². The van der Waals surface area contributed by atoms with E-state index in [2.05, 4.69) is 22.5 Å². The zero-order valence-electron chi connectivity index (χ0n) is 11.4. The molecule has 0 saturated heterocycles. The Morgan fingerprint density at radius 2 is 2.22 bits per heavy atom. The number of methoxy groups -OCH3 is 2. The summed E-state index contributed by atoms with van der Waals surface area (Å²) >= 11 is 0. The lowest BCUT2D eigenvalue weighted by molar-refractivity contribution is 0.0365. The summed E-state index contributed by atoms with van der Waals surface area (Å²) in [4.78, 5) is 4.14. The molecule has 1 heterocycles. The van der Waals surface area contributed by atoms with Crippen LogP contribution < -0.4 is 10.6 Å². The molecular formula is C13H23N3O2. The molecule has 18 heavy (non-hydrogen) atoms. The standard InChI is InChI=1S/C13H23N3O2/c1-4-14-7-11-5-6-15-9-13(11)16-8-12(18-3)10-17-2/h5-6,9,12,14,16H,4,7-8,10H2,1-3H3. The summed E-state index contributed by atoms with van der Waals surface area (Å²) in [6.45, 7) is 5.16. The van der Waals surface area contributed by atoms with Gasteiger partial charge in [0.25, 0.3) is 0 Å². The summed E-state index contributed by atoms with van der Waals surface area (Å²) in [5.41, 5.74) is 2.25. The van der Waals surface area contributed by atoms with E-state index in [1.54, 1.807) is 20.4 Å². The van der Waals surface area contributed by atoms with Crippen LogP contribution in [0.25, 0.3) is 0 Å². The van der Waals surface area contributed by atoms with E-state index in [9.17, 15) is 0 Å². The third kappa shape index (κ3) is 5.00. The fourth-order valence-corrected chi connectivity index (χ4v) is 1.62. The second-order valence-corrected chi connectivity index (χ2v) is 4.01. The van der Waals surface area contributed by atoms with Gasteiger partial charge in [-0.2, -0.15) is 0 Å². The Morgan fingerprint density at radius 3 is 2.89 bits per heavy atom. The van der Waals surface area contributed by atoms with Gasteiger partial charge in [0.15, 0.2) is 0 Å². The van der Waals surface area contributed by atoms with E-state index in [4.69, 9.17) is 9.47 Å². The quantitative estimate of drug-likeness (QED) is 0.694. The summed E-state index contributed by atoms with van der Waals surface area (Å²) in [6.07, 6.45) is 3.69. The molecule has 1 rings (SSSR count). The molecule has 0 amide bonds. The van der Waals surface area contributed by atoms with Gasteiger partial charge in [-0.05, 0) is 18.2 Å². The van der Waals surface area contributed by atoms with E-state index in [1.807, 2.05) is 12.3 Å². The molecule has 1 atom stereocenters. The number of rotatable bonds is 9. The van der Waals surface area contributed by atoms with Crippen LogP contribution >= 0.6 is 0 Å². The predicted octanol–water partition coefficient (Wildman–Crippen LogP) is 1.26. The maximum atomic E-state index is 5.31. The molecule has 0 fully saturated rings. The Labute approximate surface area is 109 Å². The number of ether oxygens (including phenoxy) is 2. The number of aromatic nitrogens is 1. The average molecular weight is 253 g/mol. The smallest absolute Gasteiger partial charge is 0.0976 e. The first-order chi connectivity index (χ1) is 8.81. The number of nitrogens with one attached hydrogen (secondary N) is 2. The fourth-order valence-electron chi connectivity index (χ4n) is 1.62. The largest absolute Gasteiger partial charge is 0.382 e. The zero-order chi connectivity index (χ0) is 13.2. The van der Waals surface area contributed by atoms with Crippen LogP contribution in [0.2, 0.25) is 0 Å². The van der Waals surface area contributed by atoms with Crippen LogP contribution in [0.4, 0.5) is 5.69 Å². The minimum Gasteiger partial charge on any atom is -0.382 e. The van der Waals surface area contributed by atoms with E-state index in [-0.39, 0.29) is 6.10 Å². The van der Waals surface area contributed by atoms with Crippen molar-refractivity contribution in [1.82, 2.24) is 10.3 Å². The molecule has 0 radical (unpaired) electrons. The van der Waals surface area contributed by atoms with Gasteiger partial charge in [0.2, 0.25) is 0 Å². The van der Waals surface area contributed by atoms with Crippen LogP contribution in [0.15, 0.2) is 18.5 Å². The number of nitrogens with zero attached hydrogens (tertiary/aromatic N) is 1. The minimum atomic E-state index is 0.0437. The number of anilines is 1. The monoisotopic (exact) mass is 253 g/mol. The number of pyridine rings is 1. The van der Waals surface area contributed by atoms with E-state index in [1.165, 1.54) is 5.56 Å². The van der Waals surface area contributed by atoms with E-state index in [0.717, 1.165) is 18.8 Å². The highest BCUT2D eigenvalue weighted by Crippen LogP contribution is 2.13. The number of hydrogen-bond donors (Lipinski definition) is 2. The highest BCUT2D eigenvalue weighted by atomic mass is 16.5. The molecule has 0 spiro atoms. The van der Waals surface area contributed by atoms with Crippen molar-refractivity contribution < 1.29 is 9.47 Å². The van der Waals surface area contributed by atoms with E-state index in [0.29, 0.717) is 13.2 Å². The van der Waals surface area contributed by atoms with Gasteiger partial charge in [-0.25, -0.2) is 0 Å². The van der Waals surface area contributed by atoms with Crippen LogP contribution in [0.1, 0.15) is 12.5 Å². The summed E-state index contributed by atoms with van der Waals surface area (Å²) in [5.74, 6) is 0. The molecule has 5 nitrogen and oxygen atoms in total. The highest BCUT2D eigenvalue weighted by molar-refractivity contribution is 5.48.